The molecule has 144 valence electrons. The second kappa shape index (κ2) is 6.84. The molecule has 4 rings (SSSR count). The predicted octanol–water partition coefficient (Wildman–Crippen LogP) is 2.25. The Balaban J connectivity index is 1.68. The van der Waals surface area contributed by atoms with Gasteiger partial charge in [0.2, 0.25) is 0 Å². The van der Waals surface area contributed by atoms with Gasteiger partial charge in [-0.1, -0.05) is 19.4 Å². The molecule has 0 bridgehead atoms. The van der Waals surface area contributed by atoms with Crippen LogP contribution >= 0.6 is 0 Å². The van der Waals surface area contributed by atoms with Gasteiger partial charge in [0.25, 0.3) is 0 Å². The van der Waals surface area contributed by atoms with E-state index in [2.05, 4.69) is 11.8 Å². The average molecular weight is 370 g/mol. The first-order valence-corrected chi connectivity index (χ1v) is 9.72. The Hall–Kier alpha value is -2.05. The molecule has 3 aliphatic rings. The molecular weight excluding hydrogens is 344 g/mol. The molecule has 3 heterocycles. The molecule has 0 saturated carbocycles. The van der Waals surface area contributed by atoms with Crippen molar-refractivity contribution in [1.29, 1.82) is 0 Å². The first kappa shape index (κ1) is 18.3. The van der Waals surface area contributed by atoms with Crippen LogP contribution in [-0.2, 0) is 15.2 Å². The number of rotatable bonds is 5. The molecule has 0 aliphatic carbocycles. The minimum Gasteiger partial charge on any atom is -0.496 e. The van der Waals surface area contributed by atoms with Crippen LogP contribution in [0, 0.1) is 11.8 Å². The number of hydrogen-bond donors (Lipinski definition) is 1. The number of ketones is 1. The number of Topliss-reactive ketones (excluding diaryl/α,β-unsaturated/α-hetero) is 1. The van der Waals surface area contributed by atoms with Crippen LogP contribution in [0.1, 0.15) is 38.2 Å². The molecule has 1 aromatic carbocycles. The molecule has 2 saturated heterocycles. The summed E-state index contributed by atoms with van der Waals surface area (Å²) in [7, 11) is 1.61. The van der Waals surface area contributed by atoms with Crippen LogP contribution < -0.4 is 4.74 Å². The fraction of sp³-hybridized carbons (Fsp3) is 0.571. The van der Waals surface area contributed by atoms with Crippen molar-refractivity contribution in [2.45, 2.75) is 44.2 Å². The van der Waals surface area contributed by atoms with Crippen LogP contribution in [0.4, 0.5) is 5.69 Å². The third-order valence-corrected chi connectivity index (χ3v) is 6.60. The summed E-state index contributed by atoms with van der Waals surface area (Å²) in [5.41, 5.74) is 1.19. The summed E-state index contributed by atoms with van der Waals surface area (Å²) >= 11 is 0. The van der Waals surface area contributed by atoms with Gasteiger partial charge in [0.15, 0.2) is 12.1 Å². The highest BCUT2D eigenvalue weighted by Crippen LogP contribution is 2.51. The van der Waals surface area contributed by atoms with Crippen LogP contribution in [-0.4, -0.2) is 54.0 Å². The lowest BCUT2D eigenvalue weighted by atomic mass is 9.71. The van der Waals surface area contributed by atoms with E-state index in [1.165, 1.54) is 0 Å². The standard InChI is InChI=1S/C21H26N2O4/c1-3-13-11-23-8-7-21(26)19-16(5-4-6-18(19)27-2)22-20(21)17(23)10-14(13)9-15(25)12-24/h4-6,12-14,17,26H,3,7-11H2,1-2H3/t13-,14+,17-,21-/m0/s1. The second-order valence-electron chi connectivity index (χ2n) is 7.92. The molecule has 2 fully saturated rings. The van der Waals surface area contributed by atoms with Gasteiger partial charge in [0, 0.05) is 19.5 Å². The maximum Gasteiger partial charge on any atom is 0.195 e. The van der Waals surface area contributed by atoms with Gasteiger partial charge in [-0.2, -0.15) is 0 Å². The molecule has 3 aliphatic heterocycles. The summed E-state index contributed by atoms with van der Waals surface area (Å²) in [6, 6.07) is 5.66. The van der Waals surface area contributed by atoms with E-state index in [-0.39, 0.29) is 24.2 Å². The fourth-order valence-electron chi connectivity index (χ4n) is 5.21. The lowest BCUT2D eigenvalue weighted by Crippen LogP contribution is -2.60. The summed E-state index contributed by atoms with van der Waals surface area (Å²) in [6.45, 7) is 3.79. The quantitative estimate of drug-likeness (QED) is 0.635. The van der Waals surface area contributed by atoms with Gasteiger partial charge in [-0.15, -0.1) is 0 Å². The molecule has 0 amide bonds. The molecule has 1 aromatic rings. The number of aliphatic hydroxyl groups is 1. The van der Waals surface area contributed by atoms with Crippen LogP contribution in [0.3, 0.4) is 0 Å². The number of carbonyl (C=O) groups excluding carboxylic acids is 2. The third-order valence-electron chi connectivity index (χ3n) is 6.60. The lowest BCUT2D eigenvalue weighted by Gasteiger charge is -2.50. The van der Waals surface area contributed by atoms with Crippen LogP contribution in [0.25, 0.3) is 0 Å². The molecule has 1 N–H and O–H groups in total. The highest BCUT2D eigenvalue weighted by atomic mass is 16.5. The Morgan fingerprint density at radius 1 is 1.44 bits per heavy atom. The average Bonchev–Trinajstić information content (AvgIpc) is 3.00. The number of aldehydes is 1. The van der Waals surface area contributed by atoms with Crippen molar-refractivity contribution in [2.75, 3.05) is 20.2 Å². The number of ether oxygens (including phenoxy) is 1. The first-order chi connectivity index (χ1) is 13.0. The lowest BCUT2D eigenvalue weighted by molar-refractivity contribution is -0.131. The second-order valence-corrected chi connectivity index (χ2v) is 7.92. The van der Waals surface area contributed by atoms with E-state index < -0.39 is 5.60 Å². The van der Waals surface area contributed by atoms with Crippen LogP contribution in [0.15, 0.2) is 23.2 Å². The molecule has 0 aromatic heterocycles. The molecule has 4 atom stereocenters. The van der Waals surface area contributed by atoms with Gasteiger partial charge in [-0.3, -0.25) is 19.5 Å². The minimum atomic E-state index is -1.11. The van der Waals surface area contributed by atoms with Crippen molar-refractivity contribution in [2.24, 2.45) is 16.8 Å². The summed E-state index contributed by atoms with van der Waals surface area (Å²) in [6.07, 6.45) is 3.03. The summed E-state index contributed by atoms with van der Waals surface area (Å²) < 4.78 is 5.50. The van der Waals surface area contributed by atoms with Crippen molar-refractivity contribution in [3.63, 3.8) is 0 Å². The van der Waals surface area contributed by atoms with E-state index >= 15 is 0 Å². The number of benzene rings is 1. The van der Waals surface area contributed by atoms with E-state index in [1.54, 1.807) is 7.11 Å². The smallest absolute Gasteiger partial charge is 0.195 e. The zero-order valence-corrected chi connectivity index (χ0v) is 15.9. The molecule has 0 unspecified atom stereocenters. The maximum atomic E-state index is 11.8. The molecule has 6 heteroatoms. The summed E-state index contributed by atoms with van der Waals surface area (Å²) in [4.78, 5) is 29.9. The van der Waals surface area contributed by atoms with Gasteiger partial charge in [0.05, 0.1) is 30.1 Å². The van der Waals surface area contributed by atoms with Crippen molar-refractivity contribution >= 4 is 23.5 Å². The highest BCUT2D eigenvalue weighted by Gasteiger charge is 2.53. The normalized spacial score (nSPS) is 32.1. The SMILES string of the molecule is CC[C@H]1CN2CC[C@@]3(O)C(=Nc4cccc(OC)c43)[C@@H]2C[C@H]1CC(=O)C=O. The Morgan fingerprint density at radius 2 is 2.26 bits per heavy atom. The van der Waals surface area contributed by atoms with E-state index in [9.17, 15) is 14.7 Å². The predicted molar refractivity (Wildman–Crippen MR) is 102 cm³/mol. The van der Waals surface area contributed by atoms with E-state index in [0.717, 1.165) is 42.9 Å². The van der Waals surface area contributed by atoms with Gasteiger partial charge in [-0.25, -0.2) is 0 Å². The van der Waals surface area contributed by atoms with Crippen molar-refractivity contribution in [3.8, 4) is 5.75 Å². The largest absolute Gasteiger partial charge is 0.496 e. The van der Waals surface area contributed by atoms with E-state index in [4.69, 9.17) is 9.73 Å². The fourth-order valence-corrected chi connectivity index (χ4v) is 5.21. The first-order valence-electron chi connectivity index (χ1n) is 9.72. The molecule has 0 radical (unpaired) electrons. The Bertz CT molecular complexity index is 805. The van der Waals surface area contributed by atoms with E-state index in [1.807, 2.05) is 18.2 Å². The van der Waals surface area contributed by atoms with Crippen molar-refractivity contribution in [3.05, 3.63) is 23.8 Å². The monoisotopic (exact) mass is 370 g/mol. The Morgan fingerprint density at radius 3 is 2.96 bits per heavy atom. The third kappa shape index (κ3) is 2.82. The number of fused-ring (bicyclic) bond motifs is 5. The number of piperidine rings is 2. The number of methoxy groups -OCH3 is 1. The van der Waals surface area contributed by atoms with Gasteiger partial charge in [-0.05, 0) is 36.8 Å². The molecular formula is C21H26N2O4. The Labute approximate surface area is 159 Å². The van der Waals surface area contributed by atoms with Crippen molar-refractivity contribution in [1.82, 2.24) is 4.90 Å². The Kier molecular flexibility index (Phi) is 4.64. The zero-order chi connectivity index (χ0) is 19.2. The molecule has 6 nitrogen and oxygen atoms in total. The maximum absolute atomic E-state index is 11.8. The number of aliphatic imine (C=N–C) groups is 1. The van der Waals surface area contributed by atoms with Crippen LogP contribution in [0.2, 0.25) is 0 Å². The topological polar surface area (TPSA) is 79.2 Å². The number of hydrogen-bond acceptors (Lipinski definition) is 6. The van der Waals surface area contributed by atoms with Gasteiger partial charge in [0.1, 0.15) is 11.4 Å². The molecule has 0 spiro atoms. The van der Waals surface area contributed by atoms with Crippen LogP contribution in [0.5, 0.6) is 5.75 Å². The summed E-state index contributed by atoms with van der Waals surface area (Å²) in [5.74, 6) is 0.855. The summed E-state index contributed by atoms with van der Waals surface area (Å²) in [5, 5.41) is 11.6. The minimum absolute atomic E-state index is 0.00638. The van der Waals surface area contributed by atoms with E-state index in [0.29, 0.717) is 24.4 Å². The number of nitrogens with zero attached hydrogens (tertiary/aromatic N) is 2. The highest BCUT2D eigenvalue weighted by molar-refractivity contribution is 6.25. The molecule has 27 heavy (non-hydrogen) atoms. The van der Waals surface area contributed by atoms with Gasteiger partial charge < -0.3 is 9.84 Å². The number of carbonyl (C=O) groups is 2. The van der Waals surface area contributed by atoms with Gasteiger partial charge >= 0.3 is 0 Å². The van der Waals surface area contributed by atoms with Crippen molar-refractivity contribution < 1.29 is 19.4 Å². The zero-order valence-electron chi connectivity index (χ0n) is 15.9.